The molecule has 0 unspecified atom stereocenters. The lowest BCUT2D eigenvalue weighted by Gasteiger charge is -2.34. The first kappa shape index (κ1) is 25.4. The van der Waals surface area contributed by atoms with Gasteiger partial charge in [-0.2, -0.15) is 9.19 Å². The summed E-state index contributed by atoms with van der Waals surface area (Å²) in [5, 5.41) is 20.9. The fourth-order valence-corrected chi connectivity index (χ4v) is 6.23. The van der Waals surface area contributed by atoms with E-state index in [1.807, 2.05) is 31.2 Å². The highest BCUT2D eigenvalue weighted by atomic mass is 32.2. The molecule has 0 aliphatic heterocycles. The molecule has 0 radical (unpaired) electrons. The number of nitrogens with one attached hydrogen (secondary N) is 2. The molecule has 0 spiro atoms. The maximum absolute atomic E-state index is 12.5. The largest absolute Gasteiger partial charge is 0.390 e. The SMILES string of the molecule is CC1(O)CCC(Nc2cc(Nc3ccnc(-c4cnn(S(=O)(=O)C5CC5)c4)n3)ncc2-c2ccccn2)CC1. The Hall–Kier alpha value is -3.90. The Kier molecular flexibility index (Phi) is 6.51. The van der Waals surface area contributed by atoms with Crippen molar-refractivity contribution in [2.24, 2.45) is 0 Å². The van der Waals surface area contributed by atoms with Crippen LogP contribution >= 0.6 is 0 Å². The Balaban J connectivity index is 1.25. The van der Waals surface area contributed by atoms with E-state index in [4.69, 9.17) is 0 Å². The summed E-state index contributed by atoms with van der Waals surface area (Å²) in [7, 11) is -3.46. The minimum absolute atomic E-state index is 0.219. The quantitative estimate of drug-likeness (QED) is 0.296. The lowest BCUT2D eigenvalue weighted by molar-refractivity contribution is 0.0196. The predicted molar refractivity (Wildman–Crippen MR) is 148 cm³/mol. The molecule has 0 aromatic carbocycles. The van der Waals surface area contributed by atoms with Crippen molar-refractivity contribution in [3.8, 4) is 22.6 Å². The Morgan fingerprint density at radius 1 is 1.00 bits per heavy atom. The number of pyridine rings is 2. The normalized spacial score (nSPS) is 21.4. The van der Waals surface area contributed by atoms with Crippen molar-refractivity contribution in [3.63, 3.8) is 0 Å². The van der Waals surface area contributed by atoms with Gasteiger partial charge in [0.1, 0.15) is 11.6 Å². The van der Waals surface area contributed by atoms with E-state index in [2.05, 4.69) is 35.7 Å². The molecular formula is C27H30N8O3S. The average Bonchev–Trinajstić information content (AvgIpc) is 3.68. The number of aromatic nitrogens is 6. The van der Waals surface area contributed by atoms with Crippen molar-refractivity contribution < 1.29 is 13.5 Å². The molecule has 2 fully saturated rings. The van der Waals surface area contributed by atoms with Gasteiger partial charge in [-0.3, -0.25) is 4.98 Å². The zero-order chi connectivity index (χ0) is 27.0. The smallest absolute Gasteiger partial charge is 0.256 e. The van der Waals surface area contributed by atoms with Gasteiger partial charge in [0.05, 0.1) is 34.5 Å². The fourth-order valence-electron chi connectivity index (χ4n) is 4.75. The fraction of sp³-hybridized carbons (Fsp3) is 0.370. The van der Waals surface area contributed by atoms with Crippen LogP contribution in [0.1, 0.15) is 45.4 Å². The number of aliphatic hydroxyl groups is 1. The van der Waals surface area contributed by atoms with Crippen molar-refractivity contribution in [2.75, 3.05) is 10.6 Å². The molecule has 0 saturated heterocycles. The van der Waals surface area contributed by atoms with Crippen molar-refractivity contribution in [1.82, 2.24) is 29.1 Å². The molecule has 202 valence electrons. The van der Waals surface area contributed by atoms with Crippen LogP contribution < -0.4 is 10.6 Å². The number of anilines is 3. The summed E-state index contributed by atoms with van der Waals surface area (Å²) in [5.74, 6) is 1.45. The van der Waals surface area contributed by atoms with E-state index < -0.39 is 15.6 Å². The third-order valence-electron chi connectivity index (χ3n) is 7.20. The lowest BCUT2D eigenvalue weighted by Crippen LogP contribution is -2.35. The number of nitrogens with zero attached hydrogens (tertiary/aromatic N) is 6. The van der Waals surface area contributed by atoms with Gasteiger partial charge >= 0.3 is 0 Å². The van der Waals surface area contributed by atoms with Gasteiger partial charge in [-0.1, -0.05) is 6.07 Å². The Morgan fingerprint density at radius 2 is 1.82 bits per heavy atom. The van der Waals surface area contributed by atoms with Gasteiger partial charge < -0.3 is 15.7 Å². The van der Waals surface area contributed by atoms with Crippen LogP contribution in [0.25, 0.3) is 22.6 Å². The number of hydrogen-bond donors (Lipinski definition) is 3. The van der Waals surface area contributed by atoms with Gasteiger partial charge in [0, 0.05) is 41.9 Å². The third kappa shape index (κ3) is 5.62. The molecule has 11 nitrogen and oxygen atoms in total. The molecule has 2 saturated carbocycles. The minimum Gasteiger partial charge on any atom is -0.390 e. The molecule has 12 heteroatoms. The molecule has 0 bridgehead atoms. The van der Waals surface area contributed by atoms with Crippen LogP contribution in [-0.2, 0) is 10.0 Å². The first-order chi connectivity index (χ1) is 18.8. The lowest BCUT2D eigenvalue weighted by atomic mass is 9.83. The van der Waals surface area contributed by atoms with Crippen LogP contribution in [0.3, 0.4) is 0 Å². The second kappa shape index (κ2) is 10.0. The van der Waals surface area contributed by atoms with E-state index >= 15 is 0 Å². The maximum Gasteiger partial charge on any atom is 0.256 e. The van der Waals surface area contributed by atoms with E-state index in [-0.39, 0.29) is 11.3 Å². The van der Waals surface area contributed by atoms with Crippen LogP contribution in [-0.4, -0.2) is 59.5 Å². The minimum atomic E-state index is -3.46. The second-order valence-corrected chi connectivity index (χ2v) is 12.6. The Labute approximate surface area is 226 Å². The van der Waals surface area contributed by atoms with Crippen molar-refractivity contribution in [2.45, 2.75) is 62.3 Å². The molecule has 4 aromatic rings. The van der Waals surface area contributed by atoms with E-state index in [1.165, 1.54) is 12.4 Å². The molecule has 4 aromatic heterocycles. The zero-order valence-corrected chi connectivity index (χ0v) is 22.3. The monoisotopic (exact) mass is 546 g/mol. The van der Waals surface area contributed by atoms with E-state index in [9.17, 15) is 13.5 Å². The Morgan fingerprint density at radius 3 is 2.56 bits per heavy atom. The highest BCUT2D eigenvalue weighted by Gasteiger charge is 2.37. The molecule has 2 aliphatic carbocycles. The van der Waals surface area contributed by atoms with Gasteiger partial charge in [-0.25, -0.2) is 23.4 Å². The molecule has 0 amide bonds. The van der Waals surface area contributed by atoms with Gasteiger partial charge in [0.2, 0.25) is 0 Å². The van der Waals surface area contributed by atoms with Gasteiger partial charge in [-0.15, -0.1) is 0 Å². The summed E-state index contributed by atoms with van der Waals surface area (Å²) in [4.78, 5) is 18.0. The number of rotatable bonds is 8. The summed E-state index contributed by atoms with van der Waals surface area (Å²) < 4.78 is 26.0. The third-order valence-corrected chi connectivity index (χ3v) is 9.24. The van der Waals surface area contributed by atoms with Gasteiger partial charge in [0.15, 0.2) is 5.82 Å². The van der Waals surface area contributed by atoms with E-state index in [1.54, 1.807) is 24.7 Å². The molecule has 6 rings (SSSR count). The summed E-state index contributed by atoms with van der Waals surface area (Å²) in [5.41, 5.74) is 2.47. The summed E-state index contributed by atoms with van der Waals surface area (Å²) in [6.07, 6.45) is 12.6. The predicted octanol–water partition coefficient (Wildman–Crippen LogP) is 3.99. The van der Waals surface area contributed by atoms with E-state index in [0.717, 1.165) is 46.7 Å². The average molecular weight is 547 g/mol. The van der Waals surface area contributed by atoms with Crippen molar-refractivity contribution in [3.05, 3.63) is 61.3 Å². The van der Waals surface area contributed by atoms with Crippen LogP contribution in [0.2, 0.25) is 0 Å². The molecule has 2 aliphatic rings. The first-order valence-electron chi connectivity index (χ1n) is 13.1. The molecule has 39 heavy (non-hydrogen) atoms. The molecular weight excluding hydrogens is 516 g/mol. The standard InChI is InChI=1S/C27H30N8O3S/c1-27(36)10-7-19(8-11-27)32-23-14-25(30-16-21(23)22-4-2-3-12-28-22)33-24-9-13-29-26(34-24)18-15-31-35(17-18)39(37,38)20-5-6-20/h2-4,9,12-17,19-20,36H,5-8,10-11H2,1H3,(H2,29,30,32,33,34). The van der Waals surface area contributed by atoms with Crippen LogP contribution in [0.5, 0.6) is 0 Å². The van der Waals surface area contributed by atoms with Crippen molar-refractivity contribution >= 4 is 27.3 Å². The number of hydrogen-bond acceptors (Lipinski definition) is 10. The van der Waals surface area contributed by atoms with Crippen LogP contribution in [0, 0.1) is 0 Å². The Bertz CT molecular complexity index is 1580. The topological polar surface area (TPSA) is 148 Å². The maximum atomic E-state index is 12.5. The van der Waals surface area contributed by atoms with Crippen LogP contribution in [0.4, 0.5) is 17.3 Å². The van der Waals surface area contributed by atoms with Gasteiger partial charge in [0.25, 0.3) is 10.0 Å². The highest BCUT2D eigenvalue weighted by Crippen LogP contribution is 2.34. The highest BCUT2D eigenvalue weighted by molar-refractivity contribution is 7.90. The van der Waals surface area contributed by atoms with Gasteiger partial charge in [-0.05, 0) is 63.6 Å². The molecule has 3 N–H and O–H groups in total. The van der Waals surface area contributed by atoms with Crippen molar-refractivity contribution in [1.29, 1.82) is 0 Å². The van der Waals surface area contributed by atoms with E-state index in [0.29, 0.717) is 35.9 Å². The molecule has 4 heterocycles. The summed E-state index contributed by atoms with van der Waals surface area (Å²) >= 11 is 0. The zero-order valence-electron chi connectivity index (χ0n) is 21.5. The van der Waals surface area contributed by atoms with Crippen LogP contribution in [0.15, 0.2) is 61.3 Å². The first-order valence-corrected chi connectivity index (χ1v) is 14.6. The summed E-state index contributed by atoms with van der Waals surface area (Å²) in [6.45, 7) is 1.89. The summed E-state index contributed by atoms with van der Waals surface area (Å²) in [6, 6.07) is 9.63. The second-order valence-electron chi connectivity index (χ2n) is 10.5. The molecule has 0 atom stereocenters.